The van der Waals surface area contributed by atoms with Crippen LogP contribution in [0.1, 0.15) is 361 Å². The molecule has 1 atom stereocenters. The van der Waals surface area contributed by atoms with Crippen molar-refractivity contribution >= 4 is 17.9 Å². The molecule has 0 amide bonds. The van der Waals surface area contributed by atoms with Gasteiger partial charge in [-0.1, -0.05) is 311 Å². The number of carbonyl (C=O) groups is 3. The summed E-state index contributed by atoms with van der Waals surface area (Å²) >= 11 is 0. The first-order valence-corrected chi connectivity index (χ1v) is 35.6. The van der Waals surface area contributed by atoms with Gasteiger partial charge in [-0.3, -0.25) is 14.4 Å². The Morgan fingerprint density at radius 2 is 0.476 bits per heavy atom. The molecule has 474 valence electrons. The van der Waals surface area contributed by atoms with Crippen LogP contribution >= 0.6 is 0 Å². The summed E-state index contributed by atoms with van der Waals surface area (Å²) in [5.74, 6) is -0.876. The van der Waals surface area contributed by atoms with E-state index in [1.54, 1.807) is 0 Å². The van der Waals surface area contributed by atoms with Crippen LogP contribution in [0.2, 0.25) is 0 Å². The van der Waals surface area contributed by atoms with E-state index in [0.717, 1.165) is 103 Å². The van der Waals surface area contributed by atoms with Gasteiger partial charge in [0.15, 0.2) is 6.10 Å². The molecular formula is C76H134O6. The predicted molar refractivity (Wildman–Crippen MR) is 358 cm³/mol. The van der Waals surface area contributed by atoms with Crippen LogP contribution in [0.5, 0.6) is 0 Å². The molecule has 0 saturated heterocycles. The Kier molecular flexibility index (Phi) is 67.2. The largest absolute Gasteiger partial charge is 0.462 e. The van der Waals surface area contributed by atoms with Crippen molar-refractivity contribution in [2.45, 2.75) is 367 Å². The normalized spacial score (nSPS) is 12.6. The van der Waals surface area contributed by atoms with Crippen LogP contribution in [-0.4, -0.2) is 37.2 Å². The summed E-state index contributed by atoms with van der Waals surface area (Å²) < 4.78 is 16.9. The molecule has 6 heteroatoms. The van der Waals surface area contributed by atoms with E-state index >= 15 is 0 Å². The van der Waals surface area contributed by atoms with E-state index < -0.39 is 6.10 Å². The number of carbonyl (C=O) groups excluding carboxylic acids is 3. The van der Waals surface area contributed by atoms with Crippen LogP contribution < -0.4 is 0 Å². The minimum Gasteiger partial charge on any atom is -0.462 e. The highest BCUT2D eigenvalue weighted by atomic mass is 16.6. The SMILES string of the molecule is CC/C=C\C/C=C\C/C=C\C/C=C\C/C=C\CCCCCCCCCCCCCCCCCCCCCC(=O)OCC(COC(=O)CCCCCCC/C=C\CCCCCC)OC(=O)CCCCCCC/C=C\CCCCCCCCC. The van der Waals surface area contributed by atoms with Gasteiger partial charge in [0, 0.05) is 19.3 Å². The molecule has 0 rings (SSSR count). The molecule has 0 aliphatic rings. The quantitative estimate of drug-likeness (QED) is 0.0261. The second kappa shape index (κ2) is 70.1. The number of ether oxygens (including phenoxy) is 3. The van der Waals surface area contributed by atoms with E-state index in [1.165, 1.54) is 218 Å². The van der Waals surface area contributed by atoms with Crippen molar-refractivity contribution < 1.29 is 28.6 Å². The highest BCUT2D eigenvalue weighted by molar-refractivity contribution is 5.71. The molecule has 1 unspecified atom stereocenters. The smallest absolute Gasteiger partial charge is 0.306 e. The zero-order valence-electron chi connectivity index (χ0n) is 54.5. The first-order valence-electron chi connectivity index (χ1n) is 35.6. The molecule has 0 aromatic heterocycles. The number of allylic oxidation sites excluding steroid dienone is 14. The van der Waals surface area contributed by atoms with Crippen molar-refractivity contribution in [3.8, 4) is 0 Å². The van der Waals surface area contributed by atoms with E-state index in [-0.39, 0.29) is 31.1 Å². The third-order valence-corrected chi connectivity index (χ3v) is 15.6. The molecule has 0 bridgehead atoms. The lowest BCUT2D eigenvalue weighted by molar-refractivity contribution is -0.167. The first-order chi connectivity index (χ1) is 40.5. The van der Waals surface area contributed by atoms with Crippen LogP contribution in [0.4, 0.5) is 0 Å². The number of hydrogen-bond acceptors (Lipinski definition) is 6. The fraction of sp³-hybridized carbons (Fsp3) is 0.776. The summed E-state index contributed by atoms with van der Waals surface area (Å²) in [6.07, 6.45) is 93.4. The summed E-state index contributed by atoms with van der Waals surface area (Å²) in [6.45, 7) is 6.54. The molecule has 0 aliphatic heterocycles. The summed E-state index contributed by atoms with van der Waals surface area (Å²) in [7, 11) is 0. The van der Waals surface area contributed by atoms with Gasteiger partial charge in [-0.05, 0) is 116 Å². The average Bonchev–Trinajstić information content (AvgIpc) is 3.47. The summed E-state index contributed by atoms with van der Waals surface area (Å²) in [4.78, 5) is 38.3. The van der Waals surface area contributed by atoms with Crippen LogP contribution in [0, 0.1) is 0 Å². The molecule has 0 heterocycles. The predicted octanol–water partition coefficient (Wildman–Crippen LogP) is 24.6. The highest BCUT2D eigenvalue weighted by Gasteiger charge is 2.19. The number of hydrogen-bond donors (Lipinski definition) is 0. The highest BCUT2D eigenvalue weighted by Crippen LogP contribution is 2.17. The maximum atomic E-state index is 12.9. The van der Waals surface area contributed by atoms with Gasteiger partial charge in [-0.2, -0.15) is 0 Å². The number of rotatable bonds is 65. The van der Waals surface area contributed by atoms with Crippen LogP contribution in [0.15, 0.2) is 85.1 Å². The Morgan fingerprint density at radius 1 is 0.256 bits per heavy atom. The van der Waals surface area contributed by atoms with Crippen LogP contribution in [-0.2, 0) is 28.6 Å². The van der Waals surface area contributed by atoms with E-state index in [0.29, 0.717) is 19.3 Å². The lowest BCUT2D eigenvalue weighted by Crippen LogP contribution is -2.30. The molecule has 0 aromatic carbocycles. The zero-order valence-corrected chi connectivity index (χ0v) is 54.5. The molecule has 6 nitrogen and oxygen atoms in total. The van der Waals surface area contributed by atoms with Gasteiger partial charge in [-0.15, -0.1) is 0 Å². The number of unbranched alkanes of at least 4 members (excludes halogenated alkanes) is 40. The van der Waals surface area contributed by atoms with Crippen LogP contribution in [0.3, 0.4) is 0 Å². The monoisotopic (exact) mass is 1140 g/mol. The zero-order chi connectivity index (χ0) is 59.2. The first kappa shape index (κ1) is 78.6. The fourth-order valence-corrected chi connectivity index (χ4v) is 10.3. The third kappa shape index (κ3) is 67.4. The molecule has 0 spiro atoms. The molecule has 82 heavy (non-hydrogen) atoms. The Morgan fingerprint density at radius 3 is 0.768 bits per heavy atom. The van der Waals surface area contributed by atoms with Crippen molar-refractivity contribution in [1.82, 2.24) is 0 Å². The lowest BCUT2D eigenvalue weighted by atomic mass is 10.0. The van der Waals surface area contributed by atoms with Gasteiger partial charge in [0.05, 0.1) is 0 Å². The molecule has 0 aromatic rings. The van der Waals surface area contributed by atoms with Gasteiger partial charge in [0.25, 0.3) is 0 Å². The number of esters is 3. The van der Waals surface area contributed by atoms with E-state index in [1.807, 2.05) is 0 Å². The molecule has 0 aliphatic carbocycles. The lowest BCUT2D eigenvalue weighted by Gasteiger charge is -2.18. The van der Waals surface area contributed by atoms with Gasteiger partial charge in [0.2, 0.25) is 0 Å². The van der Waals surface area contributed by atoms with Gasteiger partial charge in [-0.25, -0.2) is 0 Å². The summed E-state index contributed by atoms with van der Waals surface area (Å²) in [5, 5.41) is 0. The van der Waals surface area contributed by atoms with Crippen molar-refractivity contribution in [2.75, 3.05) is 13.2 Å². The maximum absolute atomic E-state index is 12.9. The van der Waals surface area contributed by atoms with Crippen LogP contribution in [0.25, 0.3) is 0 Å². The summed E-state index contributed by atoms with van der Waals surface area (Å²) in [5.41, 5.74) is 0. The van der Waals surface area contributed by atoms with Crippen molar-refractivity contribution in [2.24, 2.45) is 0 Å². The minimum atomic E-state index is -0.782. The Balaban J connectivity index is 4.12. The maximum Gasteiger partial charge on any atom is 0.306 e. The Hall–Kier alpha value is -3.41. The van der Waals surface area contributed by atoms with Gasteiger partial charge >= 0.3 is 17.9 Å². The van der Waals surface area contributed by atoms with E-state index in [9.17, 15) is 14.4 Å². The fourth-order valence-electron chi connectivity index (χ4n) is 10.3. The molecule has 0 saturated carbocycles. The third-order valence-electron chi connectivity index (χ3n) is 15.6. The Bertz CT molecular complexity index is 1550. The molecule has 0 radical (unpaired) electrons. The summed E-state index contributed by atoms with van der Waals surface area (Å²) in [6, 6.07) is 0. The molecular weight excluding hydrogens is 1010 g/mol. The van der Waals surface area contributed by atoms with E-state index in [2.05, 4.69) is 106 Å². The standard InChI is InChI=1S/C76H134O6/c1-4-7-10-13-16-19-22-25-27-29-30-31-32-33-34-35-36-37-38-39-40-41-42-43-44-45-46-47-49-51-54-57-60-63-66-69-75(78)81-72-73(71-80-74(77)68-65-62-59-56-53-50-24-21-18-15-12-9-6-3)82-76(79)70-67-64-61-58-55-52-48-28-26-23-20-17-14-11-8-5-2/h7,10,16,19,21,24-25,27-28,30-31,33-34,48,73H,4-6,8-9,11-15,17-18,20,22-23,26,29,32,35-47,49-72H2,1-3H3/b10-7-,19-16-,24-21-,27-25-,31-30-,34-33-,48-28-. The molecule has 0 fully saturated rings. The molecule has 0 N–H and O–H groups in total. The van der Waals surface area contributed by atoms with Crippen molar-refractivity contribution in [1.29, 1.82) is 0 Å². The van der Waals surface area contributed by atoms with Gasteiger partial charge in [0.1, 0.15) is 13.2 Å². The van der Waals surface area contributed by atoms with Crippen molar-refractivity contribution in [3.63, 3.8) is 0 Å². The minimum absolute atomic E-state index is 0.0776. The Labute approximate surface area is 509 Å². The second-order valence-corrected chi connectivity index (χ2v) is 23.8. The second-order valence-electron chi connectivity index (χ2n) is 23.8. The topological polar surface area (TPSA) is 78.9 Å². The van der Waals surface area contributed by atoms with Crippen molar-refractivity contribution in [3.05, 3.63) is 85.1 Å². The average molecular weight is 1140 g/mol. The van der Waals surface area contributed by atoms with E-state index in [4.69, 9.17) is 14.2 Å². The van der Waals surface area contributed by atoms with Gasteiger partial charge < -0.3 is 14.2 Å².